The molecule has 0 saturated heterocycles. The van der Waals surface area contributed by atoms with E-state index >= 15 is 0 Å². The molecule has 0 spiro atoms. The number of hydrogen-bond acceptors (Lipinski definition) is 2. The van der Waals surface area contributed by atoms with E-state index in [-0.39, 0.29) is 0 Å². The highest BCUT2D eigenvalue weighted by Gasteiger charge is 2.22. The smallest absolute Gasteiger partial charge is 0.159 e. The maximum absolute atomic E-state index is 6.59. The van der Waals surface area contributed by atoms with Crippen molar-refractivity contribution in [1.82, 2.24) is 4.57 Å². The molecule has 0 amide bonds. The summed E-state index contributed by atoms with van der Waals surface area (Å²) in [5, 5.41) is 7.08. The van der Waals surface area contributed by atoms with Gasteiger partial charge in [-0.25, -0.2) is 0 Å². The zero-order valence-corrected chi connectivity index (χ0v) is 23.3. The van der Waals surface area contributed by atoms with E-state index < -0.39 is 0 Å². The van der Waals surface area contributed by atoms with Gasteiger partial charge in [0.05, 0.1) is 22.4 Å². The van der Waals surface area contributed by atoms with Crippen molar-refractivity contribution in [3.05, 3.63) is 158 Å². The van der Waals surface area contributed by atoms with Crippen molar-refractivity contribution in [3.8, 4) is 5.69 Å². The van der Waals surface area contributed by atoms with E-state index in [0.717, 1.165) is 44.7 Å². The first-order chi connectivity index (χ1) is 21.3. The van der Waals surface area contributed by atoms with Gasteiger partial charge in [-0.05, 0) is 53.9 Å². The number of rotatable bonds is 4. The third-order valence-corrected chi connectivity index (χ3v) is 8.54. The average Bonchev–Trinajstić information content (AvgIpc) is 3.62. The van der Waals surface area contributed by atoms with Gasteiger partial charge in [-0.15, -0.1) is 0 Å². The zero-order valence-electron chi connectivity index (χ0n) is 23.3. The van der Waals surface area contributed by atoms with Gasteiger partial charge < -0.3 is 13.9 Å². The number of anilines is 3. The summed E-state index contributed by atoms with van der Waals surface area (Å²) in [6, 6.07) is 56.0. The Balaban J connectivity index is 1.40. The van der Waals surface area contributed by atoms with Gasteiger partial charge in [0.2, 0.25) is 0 Å². The fourth-order valence-electron chi connectivity index (χ4n) is 6.68. The molecule has 0 N–H and O–H groups in total. The van der Waals surface area contributed by atoms with Crippen LogP contribution in [-0.4, -0.2) is 4.57 Å². The lowest BCUT2D eigenvalue weighted by Gasteiger charge is -2.27. The SMILES string of the molecule is c1ccc(N(c2cc(-n3c4ccccc4c4ccccc43)cc3ccccc23)c2cccc3c2oc2ccccc23)cc1. The number of nitrogens with zero attached hydrogens (tertiary/aromatic N) is 2. The highest BCUT2D eigenvalue weighted by Crippen LogP contribution is 2.45. The second kappa shape index (κ2) is 9.37. The topological polar surface area (TPSA) is 21.3 Å². The number of aromatic nitrogens is 1. The Kier molecular flexibility index (Phi) is 5.20. The van der Waals surface area contributed by atoms with Crippen molar-refractivity contribution >= 4 is 71.6 Å². The number of hydrogen-bond donors (Lipinski definition) is 0. The maximum atomic E-state index is 6.59. The minimum absolute atomic E-state index is 0.874. The van der Waals surface area contributed by atoms with Crippen LogP contribution in [0.2, 0.25) is 0 Å². The van der Waals surface area contributed by atoms with Crippen molar-refractivity contribution < 1.29 is 4.42 Å². The van der Waals surface area contributed by atoms with Gasteiger partial charge in [0.1, 0.15) is 5.58 Å². The summed E-state index contributed by atoms with van der Waals surface area (Å²) < 4.78 is 8.98. The number of furan rings is 1. The quantitative estimate of drug-likeness (QED) is 0.217. The predicted molar refractivity (Wildman–Crippen MR) is 180 cm³/mol. The molecule has 0 saturated carbocycles. The molecule has 43 heavy (non-hydrogen) atoms. The summed E-state index contributed by atoms with van der Waals surface area (Å²) in [5.41, 5.74) is 8.43. The van der Waals surface area contributed by atoms with Crippen molar-refractivity contribution in [3.63, 3.8) is 0 Å². The van der Waals surface area contributed by atoms with E-state index in [2.05, 4.69) is 155 Å². The molecule has 0 aliphatic rings. The summed E-state index contributed by atoms with van der Waals surface area (Å²) in [7, 11) is 0. The molecule has 0 radical (unpaired) electrons. The molecule has 2 heterocycles. The van der Waals surface area contributed by atoms with Crippen LogP contribution in [0.15, 0.2) is 162 Å². The molecule has 0 atom stereocenters. The molecule has 3 heteroatoms. The predicted octanol–water partition coefficient (Wildman–Crippen LogP) is 11.3. The van der Waals surface area contributed by atoms with Crippen LogP contribution in [0.1, 0.15) is 0 Å². The minimum Gasteiger partial charge on any atom is -0.454 e. The second-order valence-electron chi connectivity index (χ2n) is 11.0. The largest absolute Gasteiger partial charge is 0.454 e. The minimum atomic E-state index is 0.874. The first-order valence-corrected chi connectivity index (χ1v) is 14.6. The van der Waals surface area contributed by atoms with Gasteiger partial charge in [0.15, 0.2) is 5.58 Å². The van der Waals surface area contributed by atoms with Gasteiger partial charge >= 0.3 is 0 Å². The number of fused-ring (bicyclic) bond motifs is 7. The van der Waals surface area contributed by atoms with Gasteiger partial charge in [-0.2, -0.15) is 0 Å². The molecule has 3 nitrogen and oxygen atoms in total. The van der Waals surface area contributed by atoms with E-state index in [9.17, 15) is 0 Å². The van der Waals surface area contributed by atoms with Crippen LogP contribution >= 0.6 is 0 Å². The van der Waals surface area contributed by atoms with Crippen molar-refractivity contribution in [2.45, 2.75) is 0 Å². The van der Waals surface area contributed by atoms with Crippen LogP contribution in [0, 0.1) is 0 Å². The van der Waals surface area contributed by atoms with Gasteiger partial charge in [0.25, 0.3) is 0 Å². The molecular formula is C40H26N2O. The lowest BCUT2D eigenvalue weighted by molar-refractivity contribution is 0.669. The highest BCUT2D eigenvalue weighted by molar-refractivity contribution is 6.13. The molecule has 202 valence electrons. The third-order valence-electron chi connectivity index (χ3n) is 8.54. The third kappa shape index (κ3) is 3.62. The first kappa shape index (κ1) is 23.9. The van der Waals surface area contributed by atoms with Crippen LogP contribution in [-0.2, 0) is 0 Å². The highest BCUT2D eigenvalue weighted by atomic mass is 16.3. The van der Waals surface area contributed by atoms with E-state index in [4.69, 9.17) is 4.42 Å². The van der Waals surface area contributed by atoms with E-state index in [1.165, 1.54) is 32.6 Å². The van der Waals surface area contributed by atoms with Gasteiger partial charge in [-0.1, -0.05) is 109 Å². The van der Waals surface area contributed by atoms with Gasteiger partial charge in [0, 0.05) is 38.3 Å². The lowest BCUT2D eigenvalue weighted by atomic mass is 10.0. The van der Waals surface area contributed by atoms with E-state index in [1.807, 2.05) is 12.1 Å². The number of benzene rings is 7. The molecule has 0 fully saturated rings. The molecule has 9 aromatic rings. The molecule has 7 aromatic carbocycles. The Morgan fingerprint density at radius 1 is 0.442 bits per heavy atom. The van der Waals surface area contributed by atoms with Crippen molar-refractivity contribution in [2.75, 3.05) is 4.90 Å². The van der Waals surface area contributed by atoms with Crippen molar-refractivity contribution in [2.24, 2.45) is 0 Å². The summed E-state index contributed by atoms with van der Waals surface area (Å²) in [6.45, 7) is 0. The summed E-state index contributed by atoms with van der Waals surface area (Å²) in [6.07, 6.45) is 0. The Bertz CT molecular complexity index is 2410. The van der Waals surface area contributed by atoms with Gasteiger partial charge in [-0.3, -0.25) is 0 Å². The zero-order chi connectivity index (χ0) is 28.3. The molecule has 0 bridgehead atoms. The fraction of sp³-hybridized carbons (Fsp3) is 0. The van der Waals surface area contributed by atoms with Crippen LogP contribution in [0.25, 0.3) is 60.2 Å². The summed E-state index contributed by atoms with van der Waals surface area (Å²) in [5.74, 6) is 0. The van der Waals surface area contributed by atoms with Crippen LogP contribution in [0.4, 0.5) is 17.1 Å². The molecular weight excluding hydrogens is 524 g/mol. The molecule has 2 aromatic heterocycles. The Labute approximate surface area is 248 Å². The molecule has 0 aliphatic carbocycles. The Morgan fingerprint density at radius 2 is 1.05 bits per heavy atom. The maximum Gasteiger partial charge on any atom is 0.159 e. The normalized spacial score (nSPS) is 11.7. The van der Waals surface area contributed by atoms with E-state index in [0.29, 0.717) is 0 Å². The van der Waals surface area contributed by atoms with Crippen LogP contribution in [0.3, 0.4) is 0 Å². The molecule has 0 aliphatic heterocycles. The first-order valence-electron chi connectivity index (χ1n) is 14.6. The van der Waals surface area contributed by atoms with Crippen molar-refractivity contribution in [1.29, 1.82) is 0 Å². The monoisotopic (exact) mass is 550 g/mol. The standard InChI is InChI=1S/C40H26N2O/c1-2-14-28(15-3-1)41(37-23-12-20-34-33-19-8-11-24-39(33)43-40(34)37)38-26-29(25-27-13-4-5-16-30(27)38)42-35-21-9-6-17-31(35)32-18-7-10-22-36(32)42/h1-26H. The van der Waals surface area contributed by atoms with E-state index in [1.54, 1.807) is 0 Å². The second-order valence-corrected chi connectivity index (χ2v) is 11.0. The summed E-state index contributed by atoms with van der Waals surface area (Å²) >= 11 is 0. The Hall–Kier alpha value is -5.80. The Morgan fingerprint density at radius 3 is 1.81 bits per heavy atom. The number of para-hydroxylation sites is 5. The molecule has 0 unspecified atom stereocenters. The molecule has 9 rings (SSSR count). The average molecular weight is 551 g/mol. The summed E-state index contributed by atoms with van der Waals surface area (Å²) in [4.78, 5) is 2.35. The van der Waals surface area contributed by atoms with Crippen LogP contribution in [0.5, 0.6) is 0 Å². The lowest BCUT2D eigenvalue weighted by Crippen LogP contribution is -2.11. The fourth-order valence-corrected chi connectivity index (χ4v) is 6.68. The van der Waals surface area contributed by atoms with Crippen LogP contribution < -0.4 is 4.90 Å².